The number of aromatic nitrogens is 1. The van der Waals surface area contributed by atoms with Crippen LogP contribution in [0.5, 0.6) is 5.75 Å². The van der Waals surface area contributed by atoms with E-state index in [1.165, 1.54) is 6.08 Å². The summed E-state index contributed by atoms with van der Waals surface area (Å²) in [6.45, 7) is 3.93. The first kappa shape index (κ1) is 16.0. The Balaban J connectivity index is 2.02. The zero-order valence-electron chi connectivity index (χ0n) is 12.4. The molecule has 0 saturated heterocycles. The Morgan fingerprint density at radius 3 is 2.86 bits per heavy atom. The summed E-state index contributed by atoms with van der Waals surface area (Å²) in [5.41, 5.74) is 1.36. The van der Waals surface area contributed by atoms with Crippen LogP contribution < -0.4 is 10.1 Å². The standard InChI is InChI=1S/C17H17ClN2O2/c1-12(2)22-14-6-3-5-13(11-14)8-9-16(21)20-15-7-4-10-19-17(15)18/h3-12H,1-2H3,(H,20,21)/b9-8+. The van der Waals surface area contributed by atoms with E-state index in [1.54, 1.807) is 24.4 Å². The van der Waals surface area contributed by atoms with Gasteiger partial charge in [-0.1, -0.05) is 23.7 Å². The van der Waals surface area contributed by atoms with Crippen LogP contribution in [-0.2, 0) is 4.79 Å². The molecule has 5 heteroatoms. The van der Waals surface area contributed by atoms with Crippen molar-refractivity contribution in [3.05, 3.63) is 59.4 Å². The van der Waals surface area contributed by atoms with Crippen molar-refractivity contribution in [3.63, 3.8) is 0 Å². The van der Waals surface area contributed by atoms with E-state index >= 15 is 0 Å². The van der Waals surface area contributed by atoms with Gasteiger partial charge < -0.3 is 10.1 Å². The highest BCUT2D eigenvalue weighted by Gasteiger charge is 2.03. The second-order valence-corrected chi connectivity index (χ2v) is 5.26. The molecule has 1 heterocycles. The van der Waals surface area contributed by atoms with Crippen molar-refractivity contribution in [1.82, 2.24) is 4.98 Å². The predicted molar refractivity (Wildman–Crippen MR) is 89.1 cm³/mol. The molecule has 2 aromatic rings. The lowest BCUT2D eigenvalue weighted by Crippen LogP contribution is -2.08. The molecule has 4 nitrogen and oxygen atoms in total. The van der Waals surface area contributed by atoms with Crippen LogP contribution in [0.1, 0.15) is 19.4 Å². The molecule has 0 aliphatic rings. The van der Waals surface area contributed by atoms with Crippen molar-refractivity contribution in [2.45, 2.75) is 20.0 Å². The zero-order valence-corrected chi connectivity index (χ0v) is 13.2. The molecule has 22 heavy (non-hydrogen) atoms. The van der Waals surface area contributed by atoms with Gasteiger partial charge in [-0.3, -0.25) is 4.79 Å². The molecule has 0 radical (unpaired) electrons. The predicted octanol–water partition coefficient (Wildman–Crippen LogP) is 4.17. The Kier molecular flexibility index (Phi) is 5.55. The molecule has 114 valence electrons. The summed E-state index contributed by atoms with van der Waals surface area (Å²) < 4.78 is 5.61. The summed E-state index contributed by atoms with van der Waals surface area (Å²) in [5, 5.41) is 2.94. The molecule has 2 rings (SSSR count). The highest BCUT2D eigenvalue weighted by molar-refractivity contribution is 6.32. The summed E-state index contributed by atoms with van der Waals surface area (Å²) in [6.07, 6.45) is 4.83. The lowest BCUT2D eigenvalue weighted by molar-refractivity contribution is -0.111. The van der Waals surface area contributed by atoms with E-state index in [4.69, 9.17) is 16.3 Å². The molecule has 0 fully saturated rings. The molecule has 1 aromatic carbocycles. The topological polar surface area (TPSA) is 51.2 Å². The fourth-order valence-corrected chi connectivity index (χ4v) is 1.96. The number of anilines is 1. The van der Waals surface area contributed by atoms with Crippen LogP contribution in [0.4, 0.5) is 5.69 Å². The fourth-order valence-electron chi connectivity index (χ4n) is 1.79. The van der Waals surface area contributed by atoms with Crippen LogP contribution in [0.3, 0.4) is 0 Å². The number of nitrogens with zero attached hydrogens (tertiary/aromatic N) is 1. The number of carbonyl (C=O) groups is 1. The van der Waals surface area contributed by atoms with Gasteiger partial charge in [0.05, 0.1) is 11.8 Å². The van der Waals surface area contributed by atoms with E-state index in [9.17, 15) is 4.79 Å². The van der Waals surface area contributed by atoms with Gasteiger partial charge in [0.25, 0.3) is 0 Å². The molecule has 1 amide bonds. The number of nitrogens with one attached hydrogen (secondary N) is 1. The average Bonchev–Trinajstić information content (AvgIpc) is 2.47. The fraction of sp³-hybridized carbons (Fsp3) is 0.176. The Morgan fingerprint density at radius 2 is 2.14 bits per heavy atom. The summed E-state index contributed by atoms with van der Waals surface area (Å²) in [4.78, 5) is 15.8. The van der Waals surface area contributed by atoms with Crippen molar-refractivity contribution in [1.29, 1.82) is 0 Å². The maximum absolute atomic E-state index is 11.9. The minimum absolute atomic E-state index is 0.107. The molecule has 0 spiro atoms. The highest BCUT2D eigenvalue weighted by Crippen LogP contribution is 2.18. The number of halogens is 1. The Bertz CT molecular complexity index is 684. The number of pyridine rings is 1. The van der Waals surface area contributed by atoms with Gasteiger partial charge >= 0.3 is 0 Å². The number of hydrogen-bond donors (Lipinski definition) is 1. The van der Waals surface area contributed by atoms with E-state index in [0.717, 1.165) is 11.3 Å². The lowest BCUT2D eigenvalue weighted by atomic mass is 10.2. The number of ether oxygens (including phenoxy) is 1. The van der Waals surface area contributed by atoms with E-state index in [1.807, 2.05) is 38.1 Å². The van der Waals surface area contributed by atoms with Crippen LogP contribution in [0.2, 0.25) is 5.15 Å². The Hall–Kier alpha value is -2.33. The van der Waals surface area contributed by atoms with E-state index in [2.05, 4.69) is 10.3 Å². The lowest BCUT2D eigenvalue weighted by Gasteiger charge is -2.09. The SMILES string of the molecule is CC(C)Oc1cccc(/C=C/C(=O)Nc2cccnc2Cl)c1. The van der Waals surface area contributed by atoms with Gasteiger partial charge in [0.2, 0.25) is 5.91 Å². The number of rotatable bonds is 5. The number of amides is 1. The number of benzene rings is 1. The van der Waals surface area contributed by atoms with Gasteiger partial charge in [-0.15, -0.1) is 0 Å². The number of hydrogen-bond acceptors (Lipinski definition) is 3. The molecule has 0 aliphatic carbocycles. The zero-order chi connectivity index (χ0) is 15.9. The Labute approximate surface area is 134 Å². The van der Waals surface area contributed by atoms with Gasteiger partial charge in [-0.2, -0.15) is 0 Å². The van der Waals surface area contributed by atoms with Gasteiger partial charge in [0.15, 0.2) is 5.15 Å². The molecule has 1 N–H and O–H groups in total. The smallest absolute Gasteiger partial charge is 0.248 e. The van der Waals surface area contributed by atoms with Crippen LogP contribution in [0.25, 0.3) is 6.08 Å². The van der Waals surface area contributed by atoms with Gasteiger partial charge in [-0.05, 0) is 49.8 Å². The third-order valence-electron chi connectivity index (χ3n) is 2.67. The van der Waals surface area contributed by atoms with Crippen LogP contribution >= 0.6 is 11.6 Å². The maximum atomic E-state index is 11.9. The normalized spacial score (nSPS) is 10.9. The quantitative estimate of drug-likeness (QED) is 0.665. The van der Waals surface area contributed by atoms with Gasteiger partial charge in [0, 0.05) is 12.3 Å². The monoisotopic (exact) mass is 316 g/mol. The molecule has 0 saturated carbocycles. The molecule has 0 atom stereocenters. The summed E-state index contributed by atoms with van der Waals surface area (Å²) in [5.74, 6) is 0.498. The van der Waals surface area contributed by atoms with Crippen molar-refractivity contribution < 1.29 is 9.53 Å². The molecular formula is C17H17ClN2O2. The van der Waals surface area contributed by atoms with Crippen LogP contribution in [0.15, 0.2) is 48.7 Å². The number of carbonyl (C=O) groups excluding carboxylic acids is 1. The van der Waals surface area contributed by atoms with Crippen LogP contribution in [-0.4, -0.2) is 17.0 Å². The van der Waals surface area contributed by atoms with Gasteiger partial charge in [0.1, 0.15) is 5.75 Å². The first-order valence-electron chi connectivity index (χ1n) is 6.91. The first-order chi connectivity index (χ1) is 10.5. The second-order valence-electron chi connectivity index (χ2n) is 4.90. The average molecular weight is 317 g/mol. The highest BCUT2D eigenvalue weighted by atomic mass is 35.5. The van der Waals surface area contributed by atoms with Crippen molar-refractivity contribution in [2.24, 2.45) is 0 Å². The molecule has 0 aliphatic heterocycles. The minimum Gasteiger partial charge on any atom is -0.491 e. The minimum atomic E-state index is -0.273. The first-order valence-corrected chi connectivity index (χ1v) is 7.28. The largest absolute Gasteiger partial charge is 0.491 e. The Morgan fingerprint density at radius 1 is 1.32 bits per heavy atom. The van der Waals surface area contributed by atoms with Crippen LogP contribution in [0, 0.1) is 0 Å². The summed E-state index contributed by atoms with van der Waals surface area (Å²) in [7, 11) is 0. The van der Waals surface area contributed by atoms with E-state index in [-0.39, 0.29) is 17.2 Å². The third kappa shape index (κ3) is 4.90. The van der Waals surface area contributed by atoms with Crippen molar-refractivity contribution in [3.8, 4) is 5.75 Å². The van der Waals surface area contributed by atoms with E-state index in [0.29, 0.717) is 5.69 Å². The molecule has 1 aromatic heterocycles. The molecular weight excluding hydrogens is 300 g/mol. The van der Waals surface area contributed by atoms with Gasteiger partial charge in [-0.25, -0.2) is 4.98 Å². The van der Waals surface area contributed by atoms with Crippen molar-refractivity contribution in [2.75, 3.05) is 5.32 Å². The second kappa shape index (κ2) is 7.61. The third-order valence-corrected chi connectivity index (χ3v) is 2.98. The summed E-state index contributed by atoms with van der Waals surface area (Å²) in [6, 6.07) is 10.9. The maximum Gasteiger partial charge on any atom is 0.248 e. The molecule has 0 bridgehead atoms. The van der Waals surface area contributed by atoms with Crippen molar-refractivity contribution >= 4 is 29.3 Å². The summed E-state index contributed by atoms with van der Waals surface area (Å²) >= 11 is 5.89. The molecule has 0 unspecified atom stereocenters. The van der Waals surface area contributed by atoms with E-state index < -0.39 is 0 Å².